The fraction of sp³-hybridized carbons (Fsp3) is 0.375. The van der Waals surface area contributed by atoms with E-state index in [1.54, 1.807) is 6.92 Å². The number of nitrogens with zero attached hydrogens (tertiary/aromatic N) is 4. The number of anilines is 1. The fourth-order valence-electron chi connectivity index (χ4n) is 3.89. The van der Waals surface area contributed by atoms with Crippen LogP contribution >= 0.6 is 11.6 Å². The van der Waals surface area contributed by atoms with Crippen molar-refractivity contribution in [2.45, 2.75) is 32.6 Å². The summed E-state index contributed by atoms with van der Waals surface area (Å²) in [6.07, 6.45) is 1.94. The molecule has 1 unspecified atom stereocenters. The van der Waals surface area contributed by atoms with Crippen molar-refractivity contribution in [3.8, 4) is 11.3 Å². The second-order valence-corrected chi connectivity index (χ2v) is 11.8. The van der Waals surface area contributed by atoms with Crippen LogP contribution in [-0.2, 0) is 21.0 Å². The summed E-state index contributed by atoms with van der Waals surface area (Å²) in [6.45, 7) is 9.10. The van der Waals surface area contributed by atoms with E-state index in [9.17, 15) is 9.00 Å². The maximum absolute atomic E-state index is 12.8. The fourth-order valence-corrected chi connectivity index (χ4v) is 4.78. The monoisotopic (exact) mass is 487 g/mol. The summed E-state index contributed by atoms with van der Waals surface area (Å²) in [5.41, 5.74) is 4.45. The Kier molecular flexibility index (Phi) is 6.70. The van der Waals surface area contributed by atoms with Gasteiger partial charge in [0.15, 0.2) is 0 Å². The van der Waals surface area contributed by atoms with Gasteiger partial charge in [-0.05, 0) is 44.0 Å². The van der Waals surface area contributed by atoms with Crippen molar-refractivity contribution < 1.29 is 9.00 Å². The number of nitrogens with one attached hydrogen (secondary N) is 1. The first kappa shape index (κ1) is 23.6. The molecule has 1 atom stereocenters. The van der Waals surface area contributed by atoms with Crippen molar-refractivity contribution in [2.24, 2.45) is 0 Å². The van der Waals surface area contributed by atoms with Crippen LogP contribution in [0.2, 0.25) is 5.02 Å². The molecule has 0 bridgehead atoms. The minimum absolute atomic E-state index is 0.0994. The lowest BCUT2D eigenvalue weighted by molar-refractivity contribution is -0.130. The highest BCUT2D eigenvalue weighted by Crippen LogP contribution is 2.28. The molecular formula is C24H30ClN5O2S. The van der Waals surface area contributed by atoms with E-state index in [1.165, 1.54) is 0 Å². The molecule has 1 fully saturated rings. The Balaban J connectivity index is 1.73. The first-order chi connectivity index (χ1) is 15.6. The van der Waals surface area contributed by atoms with Crippen LogP contribution in [0.5, 0.6) is 0 Å². The van der Waals surface area contributed by atoms with Gasteiger partial charge in [0, 0.05) is 71.4 Å². The SMILES string of the molecule is C=S(=O)(Nc1ccc2nc(-c3ccc(Cl)cc3)c(CN3CCN(C(C)=O)CC3)n2c1)C(C)C. The summed E-state index contributed by atoms with van der Waals surface area (Å²) in [7, 11) is -2.47. The van der Waals surface area contributed by atoms with Crippen molar-refractivity contribution in [1.29, 1.82) is 0 Å². The standard InChI is InChI=1S/C24H30ClN5O2S/c1-17(2)33(4,32)27-21-9-10-23-26-24(19-5-7-20(25)8-6-19)22(30(23)15-21)16-28-11-13-29(14-12-28)18(3)31/h5-10,15,17H,4,11-14,16H2,1-3H3,(H,27,32). The molecule has 3 heterocycles. The van der Waals surface area contributed by atoms with E-state index in [0.29, 0.717) is 24.7 Å². The third-order valence-electron chi connectivity index (χ3n) is 6.08. The number of carbonyl (C=O) groups is 1. The average Bonchev–Trinajstić information content (AvgIpc) is 3.12. The predicted octanol–water partition coefficient (Wildman–Crippen LogP) is 3.77. The summed E-state index contributed by atoms with van der Waals surface area (Å²) in [5.74, 6) is 4.00. The van der Waals surface area contributed by atoms with E-state index in [-0.39, 0.29) is 11.2 Å². The van der Waals surface area contributed by atoms with E-state index in [0.717, 1.165) is 41.4 Å². The number of hydrogen-bond acceptors (Lipinski definition) is 4. The number of fused-ring (bicyclic) bond motifs is 1. The maximum atomic E-state index is 12.8. The van der Waals surface area contributed by atoms with E-state index in [1.807, 2.05) is 61.3 Å². The van der Waals surface area contributed by atoms with Crippen molar-refractivity contribution in [3.05, 3.63) is 53.3 Å². The number of rotatable bonds is 6. The first-order valence-electron chi connectivity index (χ1n) is 11.0. The van der Waals surface area contributed by atoms with Gasteiger partial charge in [0.05, 0.1) is 17.1 Å². The molecule has 0 aliphatic carbocycles. The van der Waals surface area contributed by atoms with Crippen LogP contribution in [0.25, 0.3) is 16.9 Å². The molecule has 1 aliphatic rings. The number of halogens is 1. The smallest absolute Gasteiger partial charge is 0.219 e. The molecular weight excluding hydrogens is 458 g/mol. The van der Waals surface area contributed by atoms with Crippen molar-refractivity contribution >= 4 is 44.4 Å². The van der Waals surface area contributed by atoms with Crippen LogP contribution in [-0.4, -0.2) is 66.6 Å². The second-order valence-electron chi connectivity index (χ2n) is 8.72. The van der Waals surface area contributed by atoms with Crippen LogP contribution in [0, 0.1) is 0 Å². The number of aromatic nitrogens is 2. The molecule has 1 saturated heterocycles. The largest absolute Gasteiger partial charge is 0.340 e. The zero-order valence-electron chi connectivity index (χ0n) is 19.3. The molecule has 1 amide bonds. The molecule has 4 rings (SSSR count). The van der Waals surface area contributed by atoms with Crippen molar-refractivity contribution in [3.63, 3.8) is 0 Å². The van der Waals surface area contributed by atoms with Gasteiger partial charge in [-0.25, -0.2) is 9.19 Å². The third-order valence-corrected chi connectivity index (χ3v) is 8.43. The molecule has 3 aromatic rings. The van der Waals surface area contributed by atoms with Gasteiger partial charge in [-0.1, -0.05) is 23.7 Å². The molecule has 2 aromatic heterocycles. The van der Waals surface area contributed by atoms with Gasteiger partial charge in [-0.3, -0.25) is 14.1 Å². The lowest BCUT2D eigenvalue weighted by Gasteiger charge is -2.34. The molecule has 1 N–H and O–H groups in total. The Morgan fingerprint density at radius 1 is 1.15 bits per heavy atom. The van der Waals surface area contributed by atoms with Crippen LogP contribution in [0.4, 0.5) is 5.69 Å². The maximum Gasteiger partial charge on any atom is 0.219 e. The van der Waals surface area contributed by atoms with E-state index < -0.39 is 9.71 Å². The molecule has 9 heteroatoms. The minimum atomic E-state index is -2.47. The topological polar surface area (TPSA) is 70.0 Å². The van der Waals surface area contributed by atoms with E-state index in [4.69, 9.17) is 16.6 Å². The number of piperazine rings is 1. The van der Waals surface area contributed by atoms with Crippen LogP contribution in [0.15, 0.2) is 42.6 Å². The molecule has 33 heavy (non-hydrogen) atoms. The Bertz CT molecular complexity index is 1260. The number of imidazole rings is 1. The quantitative estimate of drug-likeness (QED) is 0.537. The Hall–Kier alpha value is -2.55. The molecule has 0 spiro atoms. The Morgan fingerprint density at radius 2 is 1.82 bits per heavy atom. The van der Waals surface area contributed by atoms with Crippen LogP contribution < -0.4 is 4.72 Å². The van der Waals surface area contributed by atoms with Gasteiger partial charge < -0.3 is 9.62 Å². The van der Waals surface area contributed by atoms with E-state index >= 15 is 0 Å². The van der Waals surface area contributed by atoms with Crippen LogP contribution in [0.1, 0.15) is 26.5 Å². The zero-order chi connectivity index (χ0) is 23.8. The highest BCUT2D eigenvalue weighted by Gasteiger charge is 2.22. The highest BCUT2D eigenvalue weighted by atomic mass is 35.5. The summed E-state index contributed by atoms with van der Waals surface area (Å²) >= 11 is 6.11. The van der Waals surface area contributed by atoms with Gasteiger partial charge >= 0.3 is 0 Å². The lowest BCUT2D eigenvalue weighted by atomic mass is 10.1. The van der Waals surface area contributed by atoms with E-state index in [2.05, 4.69) is 19.9 Å². The summed E-state index contributed by atoms with van der Waals surface area (Å²) in [5, 5.41) is 0.576. The Morgan fingerprint density at radius 3 is 2.42 bits per heavy atom. The molecule has 176 valence electrons. The van der Waals surface area contributed by atoms with Gasteiger partial charge in [0.25, 0.3) is 0 Å². The first-order valence-corrected chi connectivity index (χ1v) is 13.2. The van der Waals surface area contributed by atoms with Crippen molar-refractivity contribution in [1.82, 2.24) is 19.2 Å². The van der Waals surface area contributed by atoms with Gasteiger partial charge in [0.2, 0.25) is 5.91 Å². The molecule has 1 aromatic carbocycles. The number of amides is 1. The van der Waals surface area contributed by atoms with Crippen LogP contribution in [0.3, 0.4) is 0 Å². The average molecular weight is 488 g/mol. The number of carbonyl (C=O) groups excluding carboxylic acids is 1. The molecule has 0 radical (unpaired) electrons. The second kappa shape index (κ2) is 9.37. The molecule has 7 nitrogen and oxygen atoms in total. The molecule has 0 saturated carbocycles. The Labute approximate surface area is 200 Å². The summed E-state index contributed by atoms with van der Waals surface area (Å²) in [6, 6.07) is 11.5. The highest BCUT2D eigenvalue weighted by molar-refractivity contribution is 8.02. The summed E-state index contributed by atoms with van der Waals surface area (Å²) < 4.78 is 18.0. The summed E-state index contributed by atoms with van der Waals surface area (Å²) in [4.78, 5) is 20.8. The van der Waals surface area contributed by atoms with Gasteiger partial charge in [0.1, 0.15) is 5.65 Å². The van der Waals surface area contributed by atoms with Gasteiger partial charge in [-0.2, -0.15) is 0 Å². The predicted molar refractivity (Wildman–Crippen MR) is 137 cm³/mol. The zero-order valence-corrected chi connectivity index (χ0v) is 20.8. The molecule has 1 aliphatic heterocycles. The normalized spacial score (nSPS) is 16.8. The van der Waals surface area contributed by atoms with Gasteiger partial charge in [-0.15, -0.1) is 0 Å². The lowest BCUT2D eigenvalue weighted by Crippen LogP contribution is -2.47. The number of pyridine rings is 1. The number of benzene rings is 1. The number of hydrogen-bond donors (Lipinski definition) is 1. The van der Waals surface area contributed by atoms with Crippen molar-refractivity contribution in [2.75, 3.05) is 30.9 Å². The third kappa shape index (κ3) is 5.18. The minimum Gasteiger partial charge on any atom is -0.340 e.